The lowest BCUT2D eigenvalue weighted by molar-refractivity contribution is -0.139. The van der Waals surface area contributed by atoms with E-state index < -0.39 is 28.5 Å². The normalized spacial score (nSPS) is 12.0. The Labute approximate surface area is 228 Å². The van der Waals surface area contributed by atoms with E-state index in [0.29, 0.717) is 0 Å². The summed E-state index contributed by atoms with van der Waals surface area (Å²) in [4.78, 5) is 28.3. The van der Waals surface area contributed by atoms with Gasteiger partial charge in [0.1, 0.15) is 12.6 Å². The van der Waals surface area contributed by atoms with Gasteiger partial charge in [-0.3, -0.25) is 13.9 Å². The number of sulfonamides is 1. The SMILES string of the molecule is CNC(=O)C(Cc1ccccc1)N(Cc1ccc(C)cc1)C(=O)CN(c1cc(Cl)ccc1Cl)S(C)(=O)=O. The Kier molecular flexibility index (Phi) is 9.59. The van der Waals surface area contributed by atoms with E-state index in [1.165, 1.54) is 30.1 Å². The second-order valence-corrected chi connectivity index (χ2v) is 11.4. The van der Waals surface area contributed by atoms with Crippen molar-refractivity contribution in [2.24, 2.45) is 0 Å². The number of anilines is 1. The van der Waals surface area contributed by atoms with Crippen molar-refractivity contribution in [1.29, 1.82) is 0 Å². The number of amides is 2. The lowest BCUT2D eigenvalue weighted by Crippen LogP contribution is -2.52. The fraction of sp³-hybridized carbons (Fsp3) is 0.259. The van der Waals surface area contributed by atoms with Gasteiger partial charge in [-0.2, -0.15) is 0 Å². The van der Waals surface area contributed by atoms with Gasteiger partial charge >= 0.3 is 0 Å². The summed E-state index contributed by atoms with van der Waals surface area (Å²) in [5.41, 5.74) is 2.79. The first-order valence-corrected chi connectivity index (χ1v) is 14.1. The first-order valence-electron chi connectivity index (χ1n) is 11.5. The largest absolute Gasteiger partial charge is 0.357 e. The van der Waals surface area contributed by atoms with E-state index in [9.17, 15) is 18.0 Å². The Morgan fingerprint density at radius 1 is 0.946 bits per heavy atom. The molecule has 3 aromatic rings. The molecule has 0 bridgehead atoms. The lowest BCUT2D eigenvalue weighted by atomic mass is 10.0. The topological polar surface area (TPSA) is 86.8 Å². The van der Waals surface area contributed by atoms with Gasteiger partial charge in [0.25, 0.3) is 0 Å². The van der Waals surface area contributed by atoms with Gasteiger partial charge < -0.3 is 10.2 Å². The van der Waals surface area contributed by atoms with Crippen molar-refractivity contribution >= 4 is 50.7 Å². The first kappa shape index (κ1) is 28.5. The van der Waals surface area contributed by atoms with Crippen molar-refractivity contribution in [2.45, 2.75) is 25.9 Å². The lowest BCUT2D eigenvalue weighted by Gasteiger charge is -2.33. The Balaban J connectivity index is 2.04. The van der Waals surface area contributed by atoms with Crippen molar-refractivity contribution in [1.82, 2.24) is 10.2 Å². The molecule has 1 unspecified atom stereocenters. The summed E-state index contributed by atoms with van der Waals surface area (Å²) >= 11 is 12.4. The molecule has 10 heteroatoms. The molecule has 0 saturated heterocycles. The van der Waals surface area contributed by atoms with Crippen LogP contribution >= 0.6 is 23.2 Å². The van der Waals surface area contributed by atoms with E-state index in [1.54, 1.807) is 0 Å². The van der Waals surface area contributed by atoms with E-state index in [0.717, 1.165) is 27.3 Å². The molecule has 0 aliphatic carbocycles. The number of aryl methyl sites for hydroxylation is 1. The standard InChI is InChI=1S/C27H29Cl2N3O4S/c1-19-9-11-21(12-10-19)17-31(25(27(34)30-2)15-20-7-5-4-6-8-20)26(33)18-32(37(3,35)36)24-16-22(28)13-14-23(24)29/h4-14,16,25H,15,17-18H2,1-3H3,(H,30,34). The molecule has 0 spiro atoms. The minimum absolute atomic E-state index is 0.0832. The predicted octanol–water partition coefficient (Wildman–Crippen LogP) is 4.45. The van der Waals surface area contributed by atoms with Gasteiger partial charge in [-0.1, -0.05) is 83.4 Å². The summed E-state index contributed by atoms with van der Waals surface area (Å²) in [7, 11) is -2.43. The molecule has 0 saturated carbocycles. The Bertz CT molecular complexity index is 1350. The summed E-state index contributed by atoms with van der Waals surface area (Å²) < 4.78 is 26.5. The highest BCUT2D eigenvalue weighted by molar-refractivity contribution is 7.92. The molecule has 37 heavy (non-hydrogen) atoms. The molecule has 0 aromatic heterocycles. The fourth-order valence-electron chi connectivity index (χ4n) is 3.88. The van der Waals surface area contributed by atoms with Crippen LogP contribution in [0.15, 0.2) is 72.8 Å². The third-order valence-electron chi connectivity index (χ3n) is 5.85. The van der Waals surface area contributed by atoms with Gasteiger partial charge in [-0.25, -0.2) is 8.42 Å². The molecule has 0 aliphatic rings. The van der Waals surface area contributed by atoms with Crippen molar-refractivity contribution in [2.75, 3.05) is 24.2 Å². The second kappa shape index (κ2) is 12.4. The molecule has 1 N–H and O–H groups in total. The predicted molar refractivity (Wildman–Crippen MR) is 148 cm³/mol. The van der Waals surface area contributed by atoms with Crippen LogP contribution in [-0.2, 0) is 32.6 Å². The number of hydrogen-bond acceptors (Lipinski definition) is 4. The quantitative estimate of drug-likeness (QED) is 0.396. The summed E-state index contributed by atoms with van der Waals surface area (Å²) in [6, 6.07) is 20.4. The molecule has 0 radical (unpaired) electrons. The molecule has 3 rings (SSSR count). The summed E-state index contributed by atoms with van der Waals surface area (Å²) in [6.45, 7) is 1.49. The molecule has 1 atom stereocenters. The zero-order valence-corrected chi connectivity index (χ0v) is 23.1. The van der Waals surface area contributed by atoms with Crippen molar-refractivity contribution in [3.8, 4) is 0 Å². The molecular weight excluding hydrogens is 533 g/mol. The number of likely N-dealkylation sites (N-methyl/N-ethyl adjacent to an activating group) is 1. The number of nitrogens with one attached hydrogen (secondary N) is 1. The van der Waals surface area contributed by atoms with E-state index >= 15 is 0 Å². The Morgan fingerprint density at radius 3 is 2.19 bits per heavy atom. The van der Waals surface area contributed by atoms with Crippen molar-refractivity contribution < 1.29 is 18.0 Å². The van der Waals surface area contributed by atoms with Crippen LogP contribution in [0.3, 0.4) is 0 Å². The Morgan fingerprint density at radius 2 is 1.59 bits per heavy atom. The van der Waals surface area contributed by atoms with Gasteiger partial charge in [-0.15, -0.1) is 0 Å². The second-order valence-electron chi connectivity index (χ2n) is 8.69. The molecule has 3 aromatic carbocycles. The van der Waals surface area contributed by atoms with E-state index in [1.807, 2.05) is 61.5 Å². The maximum absolute atomic E-state index is 13.9. The van der Waals surface area contributed by atoms with Crippen molar-refractivity contribution in [3.05, 3.63) is 99.5 Å². The smallest absolute Gasteiger partial charge is 0.244 e. The number of benzene rings is 3. The number of nitrogens with zero attached hydrogens (tertiary/aromatic N) is 2. The van der Waals surface area contributed by atoms with E-state index in [4.69, 9.17) is 23.2 Å². The van der Waals surface area contributed by atoms with Gasteiger partial charge in [-0.05, 0) is 36.2 Å². The van der Waals surface area contributed by atoms with Crippen LogP contribution in [0.2, 0.25) is 10.0 Å². The monoisotopic (exact) mass is 561 g/mol. The molecule has 0 heterocycles. The first-order chi connectivity index (χ1) is 17.5. The highest BCUT2D eigenvalue weighted by atomic mass is 35.5. The van der Waals surface area contributed by atoms with Gasteiger partial charge in [0.05, 0.1) is 17.0 Å². The number of carbonyl (C=O) groups excluding carboxylic acids is 2. The zero-order valence-electron chi connectivity index (χ0n) is 20.8. The highest BCUT2D eigenvalue weighted by Crippen LogP contribution is 2.31. The Hall–Kier alpha value is -3.07. The minimum atomic E-state index is -3.93. The van der Waals surface area contributed by atoms with Gasteiger partial charge in [0.2, 0.25) is 21.8 Å². The van der Waals surface area contributed by atoms with E-state index in [2.05, 4.69) is 5.32 Å². The van der Waals surface area contributed by atoms with Gasteiger partial charge in [0.15, 0.2) is 0 Å². The van der Waals surface area contributed by atoms with Crippen LogP contribution in [-0.4, -0.2) is 51.0 Å². The zero-order chi connectivity index (χ0) is 27.2. The van der Waals surface area contributed by atoms with E-state index in [-0.39, 0.29) is 34.6 Å². The third-order valence-corrected chi connectivity index (χ3v) is 7.53. The average molecular weight is 563 g/mol. The molecule has 0 fully saturated rings. The highest BCUT2D eigenvalue weighted by Gasteiger charge is 2.33. The van der Waals surface area contributed by atoms with Crippen LogP contribution in [0.25, 0.3) is 0 Å². The fourth-order valence-corrected chi connectivity index (χ4v) is 5.17. The van der Waals surface area contributed by atoms with Crippen molar-refractivity contribution in [3.63, 3.8) is 0 Å². The maximum atomic E-state index is 13.9. The molecule has 196 valence electrons. The number of hydrogen-bond donors (Lipinski definition) is 1. The average Bonchev–Trinajstić information content (AvgIpc) is 2.86. The maximum Gasteiger partial charge on any atom is 0.244 e. The van der Waals surface area contributed by atoms with Crippen LogP contribution < -0.4 is 9.62 Å². The summed E-state index contributed by atoms with van der Waals surface area (Å²) in [6.07, 6.45) is 1.23. The number of rotatable bonds is 10. The van der Waals surface area contributed by atoms with Crippen LogP contribution in [0.4, 0.5) is 5.69 Å². The van der Waals surface area contributed by atoms with Gasteiger partial charge in [0, 0.05) is 25.0 Å². The summed E-state index contributed by atoms with van der Waals surface area (Å²) in [5, 5.41) is 3.04. The van der Waals surface area contributed by atoms with Crippen LogP contribution in [0, 0.1) is 6.92 Å². The molecule has 0 aliphatic heterocycles. The minimum Gasteiger partial charge on any atom is -0.357 e. The van der Waals surface area contributed by atoms with Crippen LogP contribution in [0.5, 0.6) is 0 Å². The molecular formula is C27H29Cl2N3O4S. The van der Waals surface area contributed by atoms with Crippen LogP contribution in [0.1, 0.15) is 16.7 Å². The molecule has 2 amide bonds. The third kappa shape index (κ3) is 7.71. The number of halogens is 2. The number of carbonyl (C=O) groups is 2. The summed E-state index contributed by atoms with van der Waals surface area (Å²) in [5.74, 6) is -0.928. The molecule has 7 nitrogen and oxygen atoms in total.